The Labute approximate surface area is 118 Å². The van der Waals surface area contributed by atoms with Crippen LogP contribution in [0.2, 0.25) is 0 Å². The third kappa shape index (κ3) is 5.19. The molecule has 0 aliphatic rings. The third-order valence-corrected chi connectivity index (χ3v) is 3.48. The molecule has 0 amide bonds. The summed E-state index contributed by atoms with van der Waals surface area (Å²) in [6.45, 7) is 11.9. The fourth-order valence-electron chi connectivity index (χ4n) is 2.12. The molecule has 1 aromatic heterocycles. The van der Waals surface area contributed by atoms with E-state index in [9.17, 15) is 0 Å². The van der Waals surface area contributed by atoms with Crippen LogP contribution in [0.5, 0.6) is 0 Å². The Morgan fingerprint density at radius 2 is 1.84 bits per heavy atom. The van der Waals surface area contributed by atoms with E-state index in [0.29, 0.717) is 6.04 Å². The van der Waals surface area contributed by atoms with E-state index >= 15 is 0 Å². The summed E-state index contributed by atoms with van der Waals surface area (Å²) in [5.74, 6) is 1.06. The molecular weight excluding hydrogens is 234 g/mol. The van der Waals surface area contributed by atoms with E-state index < -0.39 is 0 Å². The number of anilines is 1. The Balaban J connectivity index is 2.65. The zero-order valence-electron chi connectivity index (χ0n) is 13.3. The quantitative estimate of drug-likeness (QED) is 0.850. The second-order valence-electron chi connectivity index (χ2n) is 6.21. The first-order valence-corrected chi connectivity index (χ1v) is 7.30. The van der Waals surface area contributed by atoms with Crippen LogP contribution >= 0.6 is 0 Å². The number of hydrogen-bond donors (Lipinski definition) is 1. The van der Waals surface area contributed by atoms with Crippen molar-refractivity contribution in [2.75, 3.05) is 11.9 Å². The predicted molar refractivity (Wildman–Crippen MR) is 83.6 cm³/mol. The highest BCUT2D eigenvalue weighted by atomic mass is 15.2. The van der Waals surface area contributed by atoms with E-state index in [-0.39, 0.29) is 5.54 Å². The molecule has 0 aliphatic carbocycles. The fourth-order valence-corrected chi connectivity index (χ4v) is 2.12. The topological polar surface area (TPSA) is 28.2 Å². The van der Waals surface area contributed by atoms with Crippen LogP contribution in [-0.4, -0.2) is 23.6 Å². The molecule has 1 rings (SSSR count). The van der Waals surface area contributed by atoms with Gasteiger partial charge < -0.3 is 10.2 Å². The molecule has 3 heteroatoms. The Hall–Kier alpha value is -1.09. The Bertz CT molecular complexity index is 361. The van der Waals surface area contributed by atoms with E-state index in [1.54, 1.807) is 0 Å². The lowest BCUT2D eigenvalue weighted by atomic mass is 10.1. The molecule has 19 heavy (non-hydrogen) atoms. The summed E-state index contributed by atoms with van der Waals surface area (Å²) in [6, 6.07) is 4.86. The molecule has 0 aliphatic heterocycles. The molecule has 3 nitrogen and oxygen atoms in total. The average Bonchev–Trinajstić information content (AvgIpc) is 2.37. The molecule has 1 N–H and O–H groups in total. The lowest BCUT2D eigenvalue weighted by Crippen LogP contribution is -2.35. The Morgan fingerprint density at radius 1 is 1.21 bits per heavy atom. The van der Waals surface area contributed by atoms with Crippen LogP contribution in [0.3, 0.4) is 0 Å². The molecule has 0 saturated heterocycles. The third-order valence-electron chi connectivity index (χ3n) is 3.48. The minimum Gasteiger partial charge on any atom is -0.357 e. The van der Waals surface area contributed by atoms with Gasteiger partial charge in [-0.1, -0.05) is 19.9 Å². The van der Waals surface area contributed by atoms with Gasteiger partial charge in [0.1, 0.15) is 5.82 Å². The van der Waals surface area contributed by atoms with Gasteiger partial charge in [-0.05, 0) is 45.2 Å². The summed E-state index contributed by atoms with van der Waals surface area (Å²) in [6.07, 6.45) is 4.29. The maximum absolute atomic E-state index is 4.58. The van der Waals surface area contributed by atoms with Crippen LogP contribution in [0.1, 0.15) is 53.0 Å². The monoisotopic (exact) mass is 263 g/mol. The Morgan fingerprint density at radius 3 is 2.26 bits per heavy atom. The Kier molecular flexibility index (Phi) is 5.80. The summed E-state index contributed by atoms with van der Waals surface area (Å²) in [4.78, 5) is 6.86. The fraction of sp³-hybridized carbons (Fsp3) is 0.688. The van der Waals surface area contributed by atoms with Crippen molar-refractivity contribution in [3.63, 3.8) is 0 Å². The highest BCUT2D eigenvalue weighted by molar-refractivity contribution is 5.39. The van der Waals surface area contributed by atoms with Gasteiger partial charge in [0.05, 0.1) is 0 Å². The van der Waals surface area contributed by atoms with Gasteiger partial charge in [-0.15, -0.1) is 0 Å². The predicted octanol–water partition coefficient (Wildman–Crippen LogP) is 3.59. The van der Waals surface area contributed by atoms with Gasteiger partial charge in [0.15, 0.2) is 0 Å². The number of rotatable bonds is 6. The maximum Gasteiger partial charge on any atom is 0.128 e. The highest BCUT2D eigenvalue weighted by Gasteiger charge is 2.12. The van der Waals surface area contributed by atoms with Crippen LogP contribution in [-0.2, 0) is 6.54 Å². The van der Waals surface area contributed by atoms with Gasteiger partial charge in [-0.3, -0.25) is 0 Å². The average molecular weight is 263 g/mol. The van der Waals surface area contributed by atoms with Crippen LogP contribution in [0, 0.1) is 0 Å². The number of nitrogens with one attached hydrogen (secondary N) is 1. The molecular formula is C16H29N3. The number of pyridine rings is 1. The van der Waals surface area contributed by atoms with Crippen molar-refractivity contribution in [1.82, 2.24) is 10.3 Å². The summed E-state index contributed by atoms with van der Waals surface area (Å²) < 4.78 is 0. The van der Waals surface area contributed by atoms with Gasteiger partial charge >= 0.3 is 0 Å². The molecule has 0 unspecified atom stereocenters. The van der Waals surface area contributed by atoms with Crippen molar-refractivity contribution in [3.8, 4) is 0 Å². The van der Waals surface area contributed by atoms with Crippen LogP contribution < -0.4 is 10.2 Å². The van der Waals surface area contributed by atoms with Crippen LogP contribution in [0.4, 0.5) is 5.82 Å². The number of hydrogen-bond acceptors (Lipinski definition) is 3. The molecule has 1 heterocycles. The lowest BCUT2D eigenvalue weighted by molar-refractivity contribution is 0.424. The van der Waals surface area contributed by atoms with E-state index in [2.05, 4.69) is 69.0 Å². The molecule has 0 radical (unpaired) electrons. The largest absolute Gasteiger partial charge is 0.357 e. The second kappa shape index (κ2) is 6.90. The van der Waals surface area contributed by atoms with Gasteiger partial charge in [-0.25, -0.2) is 4.98 Å². The zero-order valence-corrected chi connectivity index (χ0v) is 13.3. The van der Waals surface area contributed by atoms with Gasteiger partial charge in [0.25, 0.3) is 0 Å². The minimum absolute atomic E-state index is 0.144. The van der Waals surface area contributed by atoms with Gasteiger partial charge in [0.2, 0.25) is 0 Å². The molecule has 0 aromatic carbocycles. The number of aromatic nitrogens is 1. The van der Waals surface area contributed by atoms with Crippen molar-refractivity contribution in [1.29, 1.82) is 0 Å². The van der Waals surface area contributed by atoms with Crippen molar-refractivity contribution in [2.24, 2.45) is 0 Å². The van der Waals surface area contributed by atoms with Crippen molar-refractivity contribution < 1.29 is 0 Å². The molecule has 0 bridgehead atoms. The van der Waals surface area contributed by atoms with E-state index in [1.165, 1.54) is 5.56 Å². The smallest absolute Gasteiger partial charge is 0.128 e. The summed E-state index contributed by atoms with van der Waals surface area (Å²) >= 11 is 0. The maximum atomic E-state index is 4.58. The van der Waals surface area contributed by atoms with Gasteiger partial charge in [-0.2, -0.15) is 0 Å². The van der Waals surface area contributed by atoms with Crippen molar-refractivity contribution >= 4 is 5.82 Å². The summed E-state index contributed by atoms with van der Waals surface area (Å²) in [5, 5.41) is 3.48. The first-order chi connectivity index (χ1) is 8.87. The minimum atomic E-state index is 0.144. The summed E-state index contributed by atoms with van der Waals surface area (Å²) in [5.41, 5.74) is 1.38. The molecule has 0 spiro atoms. The SMILES string of the molecule is CCC(CC)N(C)c1ccc(CNC(C)(C)C)cn1. The molecule has 0 atom stereocenters. The van der Waals surface area contributed by atoms with E-state index in [1.807, 2.05) is 6.20 Å². The first-order valence-electron chi connectivity index (χ1n) is 7.30. The second-order valence-corrected chi connectivity index (χ2v) is 6.21. The summed E-state index contributed by atoms with van der Waals surface area (Å²) in [7, 11) is 2.13. The molecule has 0 saturated carbocycles. The normalized spacial score (nSPS) is 11.9. The van der Waals surface area contributed by atoms with E-state index in [0.717, 1.165) is 25.2 Å². The van der Waals surface area contributed by atoms with Crippen LogP contribution in [0.25, 0.3) is 0 Å². The van der Waals surface area contributed by atoms with Crippen molar-refractivity contribution in [3.05, 3.63) is 23.9 Å². The van der Waals surface area contributed by atoms with Gasteiger partial charge in [0, 0.05) is 31.4 Å². The zero-order chi connectivity index (χ0) is 14.5. The van der Waals surface area contributed by atoms with E-state index in [4.69, 9.17) is 0 Å². The highest BCUT2D eigenvalue weighted by Crippen LogP contribution is 2.16. The lowest BCUT2D eigenvalue weighted by Gasteiger charge is -2.27. The standard InChI is InChI=1S/C16H29N3/c1-7-14(8-2)19(6)15-10-9-13(11-17-15)12-18-16(3,4)5/h9-11,14,18H,7-8,12H2,1-6H3. The first kappa shape index (κ1) is 16.0. The van der Waals surface area contributed by atoms with Crippen LogP contribution in [0.15, 0.2) is 18.3 Å². The molecule has 1 aromatic rings. The molecule has 0 fully saturated rings. The number of nitrogens with zero attached hydrogens (tertiary/aromatic N) is 2. The van der Waals surface area contributed by atoms with Crippen molar-refractivity contribution in [2.45, 2.75) is 65.6 Å². The molecule has 108 valence electrons.